The van der Waals surface area contributed by atoms with Crippen molar-refractivity contribution in [1.82, 2.24) is 5.32 Å². The molecule has 2 aromatic carbocycles. The Balaban J connectivity index is 1.94. The van der Waals surface area contributed by atoms with Crippen LogP contribution in [0.4, 0.5) is 10.1 Å². The average molecular weight is 375 g/mol. The second-order valence-corrected chi connectivity index (χ2v) is 6.37. The number of nitrogens with one attached hydrogen (secondary N) is 1. The van der Waals surface area contributed by atoms with Crippen LogP contribution in [0, 0.1) is 15.9 Å². The summed E-state index contributed by atoms with van der Waals surface area (Å²) in [5.41, 5.74) is 6.01. The Bertz CT molecular complexity index is 796. The minimum Gasteiger partial charge on any atom is -0.387 e. The molecule has 8 heteroatoms. The van der Waals surface area contributed by atoms with Gasteiger partial charge in [0, 0.05) is 29.8 Å². The van der Waals surface area contributed by atoms with Gasteiger partial charge in [0.05, 0.1) is 11.0 Å². The summed E-state index contributed by atoms with van der Waals surface area (Å²) >= 11 is 0. The molecule has 1 amide bonds. The lowest BCUT2D eigenvalue weighted by Gasteiger charge is -2.16. The largest absolute Gasteiger partial charge is 0.387 e. The van der Waals surface area contributed by atoms with Crippen LogP contribution in [0.15, 0.2) is 42.5 Å². The number of nitro benzene ring substituents is 1. The normalized spacial score (nSPS) is 13.1. The Labute approximate surface area is 156 Å². The van der Waals surface area contributed by atoms with Gasteiger partial charge in [0.15, 0.2) is 0 Å². The van der Waals surface area contributed by atoms with Gasteiger partial charge in [-0.3, -0.25) is 14.9 Å². The fourth-order valence-corrected chi connectivity index (χ4v) is 2.75. The second-order valence-electron chi connectivity index (χ2n) is 6.37. The fraction of sp³-hybridized carbons (Fsp3) is 0.316. The molecule has 0 saturated carbocycles. The molecule has 0 aliphatic heterocycles. The van der Waals surface area contributed by atoms with E-state index in [0.29, 0.717) is 18.5 Å². The van der Waals surface area contributed by atoms with Crippen molar-refractivity contribution >= 4 is 11.6 Å². The van der Waals surface area contributed by atoms with Crippen LogP contribution in [0.3, 0.4) is 0 Å². The zero-order valence-corrected chi connectivity index (χ0v) is 14.9. The number of non-ortho nitro benzene ring substituents is 1. The first-order valence-electron chi connectivity index (χ1n) is 8.52. The lowest BCUT2D eigenvalue weighted by molar-refractivity contribution is -0.385. The number of nitro groups is 1. The van der Waals surface area contributed by atoms with Crippen LogP contribution in [0.1, 0.15) is 46.9 Å². The van der Waals surface area contributed by atoms with E-state index in [1.165, 1.54) is 18.2 Å². The number of hydrogen-bond acceptors (Lipinski definition) is 5. The van der Waals surface area contributed by atoms with Crippen molar-refractivity contribution < 1.29 is 19.2 Å². The summed E-state index contributed by atoms with van der Waals surface area (Å²) in [5.74, 6) is -1.27. The van der Waals surface area contributed by atoms with E-state index in [1.54, 1.807) is 18.2 Å². The smallest absolute Gasteiger partial charge is 0.270 e. The molecule has 0 saturated heterocycles. The molecule has 0 heterocycles. The highest BCUT2D eigenvalue weighted by molar-refractivity contribution is 5.93. The van der Waals surface area contributed by atoms with E-state index in [9.17, 15) is 24.4 Å². The molecule has 2 aromatic rings. The molecule has 2 unspecified atom stereocenters. The van der Waals surface area contributed by atoms with Gasteiger partial charge < -0.3 is 16.2 Å². The third-order valence-corrected chi connectivity index (χ3v) is 4.36. The van der Waals surface area contributed by atoms with Crippen LogP contribution >= 0.6 is 0 Å². The van der Waals surface area contributed by atoms with E-state index in [-0.39, 0.29) is 29.3 Å². The Kier molecular flexibility index (Phi) is 6.98. The summed E-state index contributed by atoms with van der Waals surface area (Å²) in [7, 11) is 0. The van der Waals surface area contributed by atoms with Gasteiger partial charge in [0.25, 0.3) is 5.69 Å². The van der Waals surface area contributed by atoms with Gasteiger partial charge in [-0.15, -0.1) is 0 Å². The van der Waals surface area contributed by atoms with Crippen molar-refractivity contribution in [3.8, 4) is 0 Å². The summed E-state index contributed by atoms with van der Waals surface area (Å²) in [6, 6.07) is 10.2. The molecule has 2 rings (SSSR count). The number of benzene rings is 2. The van der Waals surface area contributed by atoms with Crippen molar-refractivity contribution in [2.75, 3.05) is 13.1 Å². The highest BCUT2D eigenvalue weighted by atomic mass is 19.1. The molecule has 27 heavy (non-hydrogen) atoms. The molecule has 2 atom stereocenters. The highest BCUT2D eigenvalue weighted by Crippen LogP contribution is 2.25. The van der Waals surface area contributed by atoms with E-state index in [0.717, 1.165) is 6.07 Å². The number of aliphatic hydroxyl groups is 1. The SMILES string of the molecule is CC(CCNCC(O)c1ccccc1F)c1cc(C(N)=O)cc([N+](=O)[O-])c1. The summed E-state index contributed by atoms with van der Waals surface area (Å²) < 4.78 is 13.6. The second kappa shape index (κ2) is 9.20. The Hall–Kier alpha value is -2.84. The molecule has 0 spiro atoms. The quantitative estimate of drug-likeness (QED) is 0.354. The van der Waals surface area contributed by atoms with Crippen molar-refractivity contribution in [1.29, 1.82) is 0 Å². The maximum Gasteiger partial charge on any atom is 0.270 e. The van der Waals surface area contributed by atoms with E-state index in [4.69, 9.17) is 5.73 Å². The fourth-order valence-electron chi connectivity index (χ4n) is 2.75. The van der Waals surface area contributed by atoms with Gasteiger partial charge in [-0.25, -0.2) is 4.39 Å². The van der Waals surface area contributed by atoms with Gasteiger partial charge in [-0.05, 0) is 36.6 Å². The summed E-state index contributed by atoms with van der Waals surface area (Å²) in [4.78, 5) is 21.8. The molecule has 4 N–H and O–H groups in total. The van der Waals surface area contributed by atoms with Crippen LogP contribution in [0.2, 0.25) is 0 Å². The summed E-state index contributed by atoms with van der Waals surface area (Å²) in [6.07, 6.45) is -0.371. The maximum atomic E-state index is 13.6. The number of amides is 1. The third-order valence-electron chi connectivity index (χ3n) is 4.36. The number of halogens is 1. The van der Waals surface area contributed by atoms with Crippen molar-refractivity contribution in [3.63, 3.8) is 0 Å². The van der Waals surface area contributed by atoms with E-state index < -0.39 is 22.8 Å². The number of rotatable bonds is 9. The Morgan fingerprint density at radius 1 is 1.33 bits per heavy atom. The number of hydrogen-bond donors (Lipinski definition) is 3. The molecule has 0 aliphatic rings. The van der Waals surface area contributed by atoms with Gasteiger partial charge in [-0.1, -0.05) is 25.1 Å². The van der Waals surface area contributed by atoms with Crippen LogP contribution < -0.4 is 11.1 Å². The number of nitrogens with two attached hydrogens (primary N) is 1. The maximum absolute atomic E-state index is 13.6. The number of nitrogens with zero attached hydrogens (tertiary/aromatic N) is 1. The van der Waals surface area contributed by atoms with Crippen molar-refractivity contribution in [2.24, 2.45) is 5.73 Å². The Morgan fingerprint density at radius 2 is 2.04 bits per heavy atom. The summed E-state index contributed by atoms with van der Waals surface area (Å²) in [5, 5.41) is 24.1. The molecule has 144 valence electrons. The predicted octanol–water partition coefficient (Wildman–Crippen LogP) is 2.65. The van der Waals surface area contributed by atoms with Crippen LogP contribution in [0.25, 0.3) is 0 Å². The first kappa shape index (κ1) is 20.5. The van der Waals surface area contributed by atoms with E-state index in [2.05, 4.69) is 5.32 Å². The topological polar surface area (TPSA) is 118 Å². The highest BCUT2D eigenvalue weighted by Gasteiger charge is 2.16. The van der Waals surface area contributed by atoms with Gasteiger partial charge in [0.2, 0.25) is 5.91 Å². The first-order valence-corrected chi connectivity index (χ1v) is 8.52. The molecule has 7 nitrogen and oxygen atoms in total. The molecule has 0 fully saturated rings. The van der Waals surface area contributed by atoms with Crippen LogP contribution in [-0.2, 0) is 0 Å². The number of carbonyl (C=O) groups excluding carboxylic acids is 1. The monoisotopic (exact) mass is 375 g/mol. The molecule has 0 aromatic heterocycles. The zero-order chi connectivity index (χ0) is 20.0. The predicted molar refractivity (Wildman–Crippen MR) is 98.9 cm³/mol. The molecular formula is C19H22FN3O4. The van der Waals surface area contributed by atoms with Gasteiger partial charge in [-0.2, -0.15) is 0 Å². The lowest BCUT2D eigenvalue weighted by Crippen LogP contribution is -2.24. The summed E-state index contributed by atoms with van der Waals surface area (Å²) in [6.45, 7) is 2.55. The van der Waals surface area contributed by atoms with Crippen molar-refractivity contribution in [3.05, 3.63) is 75.1 Å². The standard InChI is InChI=1S/C19H22FN3O4/c1-12(13-8-14(19(21)25)10-15(9-13)23(26)27)6-7-22-11-18(24)16-4-2-3-5-17(16)20/h2-5,8-10,12,18,22,24H,6-7,11H2,1H3,(H2,21,25). The number of aliphatic hydroxyl groups excluding tert-OH is 1. The van der Waals surface area contributed by atoms with Gasteiger partial charge >= 0.3 is 0 Å². The molecular weight excluding hydrogens is 353 g/mol. The van der Waals surface area contributed by atoms with E-state index >= 15 is 0 Å². The molecule has 0 bridgehead atoms. The van der Waals surface area contributed by atoms with Gasteiger partial charge in [0.1, 0.15) is 5.82 Å². The third kappa shape index (κ3) is 5.57. The Morgan fingerprint density at radius 3 is 2.67 bits per heavy atom. The average Bonchev–Trinajstić information content (AvgIpc) is 2.64. The lowest BCUT2D eigenvalue weighted by atomic mass is 9.95. The number of primary amides is 1. The van der Waals surface area contributed by atoms with Crippen LogP contribution in [-0.4, -0.2) is 29.0 Å². The minimum atomic E-state index is -0.971. The van der Waals surface area contributed by atoms with Crippen molar-refractivity contribution in [2.45, 2.75) is 25.4 Å². The minimum absolute atomic E-state index is 0.0823. The van der Waals surface area contributed by atoms with E-state index in [1.807, 2.05) is 6.92 Å². The zero-order valence-electron chi connectivity index (χ0n) is 14.9. The number of carbonyl (C=O) groups is 1. The van der Waals surface area contributed by atoms with Crippen LogP contribution in [0.5, 0.6) is 0 Å². The first-order chi connectivity index (χ1) is 12.8. The molecule has 0 radical (unpaired) electrons. The molecule has 0 aliphatic carbocycles.